The van der Waals surface area contributed by atoms with E-state index in [0.717, 1.165) is 0 Å². The Balaban J connectivity index is 1.83. The minimum Gasteiger partial charge on any atom is -0.497 e. The van der Waals surface area contributed by atoms with Crippen molar-refractivity contribution in [1.82, 2.24) is 9.78 Å². The summed E-state index contributed by atoms with van der Waals surface area (Å²) in [5.41, 5.74) is 2.04. The van der Waals surface area contributed by atoms with Crippen LogP contribution < -0.4 is 14.2 Å². The molecule has 0 amide bonds. The molecule has 4 aromatic rings. The topological polar surface area (TPSA) is 98.1 Å². The van der Waals surface area contributed by atoms with E-state index in [9.17, 15) is 9.59 Å². The summed E-state index contributed by atoms with van der Waals surface area (Å²) < 4.78 is 28.1. The van der Waals surface area contributed by atoms with Crippen LogP contribution in [-0.4, -0.2) is 50.2 Å². The summed E-state index contributed by atoms with van der Waals surface area (Å²) in [5, 5.41) is 4.64. The number of benzene rings is 3. The molecule has 0 aliphatic heterocycles. The van der Waals surface area contributed by atoms with Crippen LogP contribution in [0.2, 0.25) is 0 Å². The van der Waals surface area contributed by atoms with Crippen LogP contribution in [0.4, 0.5) is 0 Å². The van der Waals surface area contributed by atoms with Crippen molar-refractivity contribution in [3.63, 3.8) is 0 Å². The first-order valence-corrected chi connectivity index (χ1v) is 11.3. The lowest BCUT2D eigenvalue weighted by Crippen LogP contribution is -2.15. The van der Waals surface area contributed by atoms with Gasteiger partial charge in [0.1, 0.15) is 35.1 Å². The van der Waals surface area contributed by atoms with E-state index in [0.29, 0.717) is 34.1 Å². The molecule has 0 spiro atoms. The number of para-hydroxylation sites is 1. The number of carbonyl (C=O) groups excluding carboxylic acids is 2. The first-order valence-electron chi connectivity index (χ1n) is 11.3. The molecular weight excluding hydrogens is 476 g/mol. The molecule has 4 rings (SSSR count). The number of carbonyl (C=O) groups is 2. The number of hydrogen-bond acceptors (Lipinski definition) is 8. The zero-order chi connectivity index (χ0) is 26.4. The van der Waals surface area contributed by atoms with Gasteiger partial charge in [-0.3, -0.25) is 0 Å². The smallest absolute Gasteiger partial charge is 0.357 e. The second-order valence-electron chi connectivity index (χ2n) is 7.80. The molecule has 0 bridgehead atoms. The highest BCUT2D eigenvalue weighted by molar-refractivity contribution is 6.06. The number of aromatic nitrogens is 2. The molecule has 9 heteroatoms. The van der Waals surface area contributed by atoms with Crippen molar-refractivity contribution < 1.29 is 33.3 Å². The van der Waals surface area contributed by atoms with Gasteiger partial charge in [-0.15, -0.1) is 0 Å². The molecule has 0 aliphatic rings. The third-order valence-corrected chi connectivity index (χ3v) is 5.64. The maximum atomic E-state index is 12.9. The predicted octanol–water partition coefficient (Wildman–Crippen LogP) is 4.71. The number of rotatable bonds is 9. The molecule has 0 atom stereocenters. The monoisotopic (exact) mass is 502 g/mol. The number of nitrogens with zero attached hydrogens (tertiary/aromatic N) is 2. The first-order chi connectivity index (χ1) is 18.0. The zero-order valence-corrected chi connectivity index (χ0v) is 20.9. The largest absolute Gasteiger partial charge is 0.497 e. The van der Waals surface area contributed by atoms with Crippen molar-refractivity contribution in [2.75, 3.05) is 28.4 Å². The lowest BCUT2D eigenvalue weighted by atomic mass is 10.0. The average Bonchev–Trinajstić information content (AvgIpc) is 3.36. The van der Waals surface area contributed by atoms with Gasteiger partial charge in [-0.1, -0.05) is 24.3 Å². The van der Waals surface area contributed by atoms with Gasteiger partial charge in [-0.2, -0.15) is 5.10 Å². The highest BCUT2D eigenvalue weighted by Crippen LogP contribution is 2.33. The van der Waals surface area contributed by atoms with Crippen molar-refractivity contribution in [3.8, 4) is 34.2 Å². The molecule has 3 aromatic carbocycles. The summed E-state index contributed by atoms with van der Waals surface area (Å²) in [6.45, 7) is 0.168. The van der Waals surface area contributed by atoms with E-state index in [2.05, 4.69) is 5.10 Å². The SMILES string of the molecule is COC(=O)c1c(-c2ccc(OC)c(COc3cccc(OC)c3)c2)nn(-c2ccccc2)c1C(=O)OC. The van der Waals surface area contributed by atoms with E-state index >= 15 is 0 Å². The molecule has 37 heavy (non-hydrogen) atoms. The van der Waals surface area contributed by atoms with Crippen molar-refractivity contribution in [1.29, 1.82) is 0 Å². The average molecular weight is 503 g/mol. The van der Waals surface area contributed by atoms with E-state index in [1.54, 1.807) is 62.8 Å². The minimum atomic E-state index is -0.724. The summed E-state index contributed by atoms with van der Waals surface area (Å²) in [7, 11) is 5.63. The van der Waals surface area contributed by atoms with Gasteiger partial charge in [0.05, 0.1) is 34.1 Å². The Bertz CT molecular complexity index is 1410. The fraction of sp³-hybridized carbons (Fsp3) is 0.179. The van der Waals surface area contributed by atoms with Crippen LogP contribution in [0, 0.1) is 0 Å². The fourth-order valence-corrected chi connectivity index (χ4v) is 3.85. The Morgan fingerprint density at radius 3 is 2.19 bits per heavy atom. The quantitative estimate of drug-likeness (QED) is 0.304. The van der Waals surface area contributed by atoms with Gasteiger partial charge in [0.2, 0.25) is 0 Å². The third-order valence-electron chi connectivity index (χ3n) is 5.64. The standard InChI is InChI=1S/C28H26N2O7/c1-33-21-11-8-12-22(16-21)37-17-19-15-18(13-14-23(19)34-2)25-24(27(31)35-3)26(28(32)36-4)30(29-25)20-9-6-5-7-10-20/h5-16H,17H2,1-4H3. The molecule has 0 N–H and O–H groups in total. The lowest BCUT2D eigenvalue weighted by molar-refractivity contribution is 0.0549. The Labute approximate surface area is 214 Å². The molecule has 9 nitrogen and oxygen atoms in total. The van der Waals surface area contributed by atoms with Gasteiger partial charge in [0, 0.05) is 17.2 Å². The van der Waals surface area contributed by atoms with Crippen LogP contribution in [0.25, 0.3) is 16.9 Å². The molecule has 0 saturated carbocycles. The van der Waals surface area contributed by atoms with Crippen molar-refractivity contribution >= 4 is 11.9 Å². The van der Waals surface area contributed by atoms with Crippen LogP contribution in [0.3, 0.4) is 0 Å². The lowest BCUT2D eigenvalue weighted by Gasteiger charge is -2.12. The van der Waals surface area contributed by atoms with Crippen LogP contribution in [-0.2, 0) is 16.1 Å². The second kappa shape index (κ2) is 11.3. The number of esters is 2. The van der Waals surface area contributed by atoms with Crippen molar-refractivity contribution in [3.05, 3.63) is 89.6 Å². The van der Waals surface area contributed by atoms with Crippen molar-refractivity contribution in [2.24, 2.45) is 0 Å². The zero-order valence-electron chi connectivity index (χ0n) is 20.9. The number of methoxy groups -OCH3 is 4. The Morgan fingerprint density at radius 2 is 1.51 bits per heavy atom. The Hall–Kier alpha value is -4.79. The van der Waals surface area contributed by atoms with Gasteiger partial charge >= 0.3 is 11.9 Å². The van der Waals surface area contributed by atoms with E-state index < -0.39 is 11.9 Å². The van der Waals surface area contributed by atoms with E-state index in [1.807, 2.05) is 24.3 Å². The molecular formula is C28H26N2O7. The highest BCUT2D eigenvalue weighted by atomic mass is 16.5. The summed E-state index contributed by atoms with van der Waals surface area (Å²) in [4.78, 5) is 25.8. The van der Waals surface area contributed by atoms with E-state index in [1.165, 1.54) is 18.9 Å². The van der Waals surface area contributed by atoms with Crippen molar-refractivity contribution in [2.45, 2.75) is 6.61 Å². The normalized spacial score (nSPS) is 10.5. The summed E-state index contributed by atoms with van der Waals surface area (Å²) in [5.74, 6) is 0.425. The molecule has 0 radical (unpaired) electrons. The van der Waals surface area contributed by atoms with Crippen LogP contribution in [0.5, 0.6) is 17.2 Å². The summed E-state index contributed by atoms with van der Waals surface area (Å²) >= 11 is 0. The van der Waals surface area contributed by atoms with Crippen LogP contribution in [0.15, 0.2) is 72.8 Å². The van der Waals surface area contributed by atoms with Gasteiger partial charge in [0.15, 0.2) is 5.69 Å². The first kappa shape index (κ1) is 25.3. The third kappa shape index (κ3) is 5.25. The number of ether oxygens (including phenoxy) is 5. The minimum absolute atomic E-state index is 0.0111. The summed E-state index contributed by atoms with van der Waals surface area (Å²) in [6, 6.07) is 21.5. The highest BCUT2D eigenvalue weighted by Gasteiger charge is 2.31. The maximum Gasteiger partial charge on any atom is 0.357 e. The van der Waals surface area contributed by atoms with Crippen LogP contribution >= 0.6 is 0 Å². The van der Waals surface area contributed by atoms with E-state index in [4.69, 9.17) is 23.7 Å². The van der Waals surface area contributed by atoms with Crippen LogP contribution in [0.1, 0.15) is 26.4 Å². The van der Waals surface area contributed by atoms with Gasteiger partial charge < -0.3 is 23.7 Å². The summed E-state index contributed by atoms with van der Waals surface area (Å²) in [6.07, 6.45) is 0. The maximum absolute atomic E-state index is 12.9. The fourth-order valence-electron chi connectivity index (χ4n) is 3.85. The molecule has 1 heterocycles. The second-order valence-corrected chi connectivity index (χ2v) is 7.80. The van der Waals surface area contributed by atoms with Gasteiger partial charge in [-0.25, -0.2) is 14.3 Å². The number of hydrogen-bond donors (Lipinski definition) is 0. The van der Waals surface area contributed by atoms with E-state index in [-0.39, 0.29) is 23.6 Å². The van der Waals surface area contributed by atoms with Gasteiger partial charge in [0.25, 0.3) is 0 Å². The molecule has 0 unspecified atom stereocenters. The molecule has 1 aromatic heterocycles. The Morgan fingerprint density at radius 1 is 0.784 bits per heavy atom. The molecule has 0 aliphatic carbocycles. The Kier molecular flexibility index (Phi) is 7.73. The molecule has 0 fully saturated rings. The molecule has 190 valence electrons. The molecule has 0 saturated heterocycles. The van der Waals surface area contributed by atoms with Gasteiger partial charge in [-0.05, 0) is 42.5 Å². The predicted molar refractivity (Wildman–Crippen MR) is 136 cm³/mol.